The van der Waals surface area contributed by atoms with Crippen molar-refractivity contribution in [3.63, 3.8) is 0 Å². The van der Waals surface area contributed by atoms with E-state index < -0.39 is 6.04 Å². The first-order chi connectivity index (χ1) is 12.0. The Hall–Kier alpha value is -2.74. The smallest absolute Gasteiger partial charge is 0.244 e. The summed E-state index contributed by atoms with van der Waals surface area (Å²) in [4.78, 5) is 27.6. The van der Waals surface area contributed by atoms with Crippen molar-refractivity contribution in [2.24, 2.45) is 11.7 Å². The van der Waals surface area contributed by atoms with Crippen molar-refractivity contribution in [3.8, 4) is 0 Å². The highest BCUT2D eigenvalue weighted by molar-refractivity contribution is 5.94. The monoisotopic (exact) mass is 344 g/mol. The molecule has 1 atom stereocenters. The molecule has 0 aliphatic rings. The summed E-state index contributed by atoms with van der Waals surface area (Å²) in [6.07, 6.45) is 6.12. The van der Waals surface area contributed by atoms with E-state index in [-0.39, 0.29) is 24.3 Å². The van der Waals surface area contributed by atoms with Crippen LogP contribution in [0.3, 0.4) is 0 Å². The molecular formula is C17H24N6O2. The average Bonchev–Trinajstić information content (AvgIpc) is 3.05. The summed E-state index contributed by atoms with van der Waals surface area (Å²) in [5, 5.41) is 9.46. The number of hydrogen-bond donors (Lipinski definition) is 3. The first-order valence-corrected chi connectivity index (χ1v) is 8.21. The van der Waals surface area contributed by atoms with Gasteiger partial charge in [-0.25, -0.2) is 0 Å². The van der Waals surface area contributed by atoms with E-state index in [1.54, 1.807) is 29.3 Å². The van der Waals surface area contributed by atoms with Crippen molar-refractivity contribution in [1.82, 2.24) is 20.1 Å². The van der Waals surface area contributed by atoms with Crippen molar-refractivity contribution in [1.29, 1.82) is 0 Å². The quantitative estimate of drug-likeness (QED) is 0.647. The van der Waals surface area contributed by atoms with Crippen LogP contribution >= 0.6 is 0 Å². The minimum absolute atomic E-state index is 0.0131. The minimum atomic E-state index is -0.625. The first-order valence-electron chi connectivity index (χ1n) is 8.21. The molecular weight excluding hydrogens is 320 g/mol. The Balaban J connectivity index is 1.76. The second kappa shape index (κ2) is 8.93. The van der Waals surface area contributed by atoms with Crippen LogP contribution in [-0.2, 0) is 22.6 Å². The largest absolute Gasteiger partial charge is 0.346 e. The van der Waals surface area contributed by atoms with Crippen molar-refractivity contribution in [3.05, 3.63) is 42.4 Å². The summed E-state index contributed by atoms with van der Waals surface area (Å²) in [7, 11) is 0. The molecule has 2 heterocycles. The molecule has 8 heteroatoms. The molecule has 0 aliphatic heterocycles. The number of carbonyl (C=O) groups excluding carboxylic acids is 2. The zero-order valence-electron chi connectivity index (χ0n) is 14.5. The molecule has 0 saturated heterocycles. The molecule has 2 rings (SSSR count). The van der Waals surface area contributed by atoms with Gasteiger partial charge in [0.05, 0.1) is 12.6 Å². The highest BCUT2D eigenvalue weighted by atomic mass is 16.2. The van der Waals surface area contributed by atoms with Crippen LogP contribution in [0.15, 0.2) is 36.8 Å². The number of nitrogens with zero attached hydrogens (tertiary/aromatic N) is 3. The van der Waals surface area contributed by atoms with Gasteiger partial charge in [-0.15, -0.1) is 0 Å². The molecule has 8 nitrogen and oxygen atoms in total. The molecule has 0 spiro atoms. The van der Waals surface area contributed by atoms with Gasteiger partial charge < -0.3 is 16.4 Å². The number of carbonyl (C=O) groups is 2. The Kier molecular flexibility index (Phi) is 6.64. The zero-order valence-corrected chi connectivity index (χ0v) is 14.5. The Morgan fingerprint density at radius 1 is 1.24 bits per heavy atom. The van der Waals surface area contributed by atoms with Crippen LogP contribution in [0.2, 0.25) is 0 Å². The van der Waals surface area contributed by atoms with Crippen molar-refractivity contribution in [2.45, 2.75) is 32.9 Å². The molecule has 2 aromatic heterocycles. The molecule has 25 heavy (non-hydrogen) atoms. The molecule has 2 aromatic rings. The van der Waals surface area contributed by atoms with Gasteiger partial charge in [0.15, 0.2) is 5.82 Å². The lowest BCUT2D eigenvalue weighted by atomic mass is 10.1. The van der Waals surface area contributed by atoms with Gasteiger partial charge in [0.25, 0.3) is 0 Å². The Morgan fingerprint density at radius 2 is 1.96 bits per heavy atom. The van der Waals surface area contributed by atoms with Gasteiger partial charge >= 0.3 is 0 Å². The summed E-state index contributed by atoms with van der Waals surface area (Å²) < 4.78 is 1.75. The molecule has 0 radical (unpaired) electrons. The standard InChI is InChI=1S/C17H24N6O2/c1-12(2)16(18)17(25)20-11-15(24)21-14-6-10-23(22-14)9-5-13-3-7-19-8-4-13/h3-4,6-8,10,12,16H,5,9,11,18H2,1-2H3,(H,20,25)(H,21,22,24)/t16-/m0/s1. The fourth-order valence-corrected chi connectivity index (χ4v) is 2.12. The molecule has 0 fully saturated rings. The lowest BCUT2D eigenvalue weighted by molar-refractivity contribution is -0.125. The van der Waals surface area contributed by atoms with Crippen molar-refractivity contribution < 1.29 is 9.59 Å². The van der Waals surface area contributed by atoms with Gasteiger partial charge in [-0.05, 0) is 30.0 Å². The Bertz CT molecular complexity index is 698. The topological polar surface area (TPSA) is 115 Å². The van der Waals surface area contributed by atoms with Crippen LogP contribution < -0.4 is 16.4 Å². The molecule has 0 aromatic carbocycles. The first kappa shape index (κ1) is 18.6. The number of pyridine rings is 1. The molecule has 0 unspecified atom stereocenters. The maximum absolute atomic E-state index is 11.9. The van der Waals surface area contributed by atoms with Crippen LogP contribution in [0.1, 0.15) is 19.4 Å². The number of nitrogens with two attached hydrogens (primary N) is 1. The third kappa shape index (κ3) is 6.00. The normalized spacial score (nSPS) is 12.0. The van der Waals surface area contributed by atoms with Gasteiger partial charge in [-0.2, -0.15) is 5.10 Å². The summed E-state index contributed by atoms with van der Waals surface area (Å²) in [5.74, 6) is -0.224. The second-order valence-electron chi connectivity index (χ2n) is 6.11. The van der Waals surface area contributed by atoms with E-state index in [1.165, 1.54) is 5.56 Å². The zero-order chi connectivity index (χ0) is 18.2. The number of anilines is 1. The van der Waals surface area contributed by atoms with Crippen molar-refractivity contribution in [2.75, 3.05) is 11.9 Å². The summed E-state index contributed by atoms with van der Waals surface area (Å²) in [6.45, 7) is 4.26. The maximum Gasteiger partial charge on any atom is 0.244 e. The van der Waals surface area contributed by atoms with E-state index in [0.29, 0.717) is 12.4 Å². The van der Waals surface area contributed by atoms with Gasteiger partial charge in [0, 0.05) is 31.2 Å². The lowest BCUT2D eigenvalue weighted by Gasteiger charge is -2.14. The van der Waals surface area contributed by atoms with E-state index in [1.807, 2.05) is 26.0 Å². The molecule has 0 bridgehead atoms. The average molecular weight is 344 g/mol. The predicted molar refractivity (Wildman–Crippen MR) is 94.6 cm³/mol. The SMILES string of the molecule is CC(C)[C@H](N)C(=O)NCC(=O)Nc1ccn(CCc2ccncc2)n1. The maximum atomic E-state index is 11.9. The number of nitrogens with one attached hydrogen (secondary N) is 2. The Morgan fingerprint density at radius 3 is 2.64 bits per heavy atom. The summed E-state index contributed by atoms with van der Waals surface area (Å²) in [6, 6.07) is 5.00. The fourth-order valence-electron chi connectivity index (χ4n) is 2.12. The molecule has 0 aliphatic carbocycles. The van der Waals surface area contributed by atoms with E-state index in [0.717, 1.165) is 6.42 Å². The third-order valence-corrected chi connectivity index (χ3v) is 3.73. The van der Waals surface area contributed by atoms with Crippen LogP contribution in [0.5, 0.6) is 0 Å². The summed E-state index contributed by atoms with van der Waals surface area (Å²) >= 11 is 0. The van der Waals surface area contributed by atoms with Gasteiger partial charge in [-0.1, -0.05) is 13.8 Å². The molecule has 0 saturated carbocycles. The highest BCUT2D eigenvalue weighted by Crippen LogP contribution is 2.05. The van der Waals surface area contributed by atoms with E-state index in [4.69, 9.17) is 5.73 Å². The van der Waals surface area contributed by atoms with E-state index in [2.05, 4.69) is 20.7 Å². The second-order valence-corrected chi connectivity index (χ2v) is 6.11. The molecule has 4 N–H and O–H groups in total. The van der Waals surface area contributed by atoms with Crippen LogP contribution in [0.25, 0.3) is 0 Å². The van der Waals surface area contributed by atoms with Gasteiger partial charge in [0.1, 0.15) is 0 Å². The van der Waals surface area contributed by atoms with Crippen LogP contribution in [0.4, 0.5) is 5.82 Å². The highest BCUT2D eigenvalue weighted by Gasteiger charge is 2.17. The van der Waals surface area contributed by atoms with E-state index >= 15 is 0 Å². The van der Waals surface area contributed by atoms with Crippen molar-refractivity contribution >= 4 is 17.6 Å². The van der Waals surface area contributed by atoms with Gasteiger partial charge in [-0.3, -0.25) is 19.3 Å². The van der Waals surface area contributed by atoms with Crippen LogP contribution in [-0.4, -0.2) is 39.2 Å². The minimum Gasteiger partial charge on any atom is -0.346 e. The summed E-state index contributed by atoms with van der Waals surface area (Å²) in [5.41, 5.74) is 6.89. The number of aromatic nitrogens is 3. The van der Waals surface area contributed by atoms with E-state index in [9.17, 15) is 9.59 Å². The molecule has 2 amide bonds. The van der Waals surface area contributed by atoms with Crippen LogP contribution in [0, 0.1) is 5.92 Å². The number of aryl methyl sites for hydroxylation is 2. The Labute approximate surface area is 146 Å². The number of rotatable bonds is 8. The van der Waals surface area contributed by atoms with Gasteiger partial charge in [0.2, 0.25) is 11.8 Å². The third-order valence-electron chi connectivity index (χ3n) is 3.73. The lowest BCUT2D eigenvalue weighted by Crippen LogP contribution is -2.46. The fraction of sp³-hybridized carbons (Fsp3) is 0.412. The predicted octanol–water partition coefficient (Wildman–Crippen LogP) is 0.559. The molecule has 134 valence electrons. The number of amides is 2. The number of hydrogen-bond acceptors (Lipinski definition) is 5.